The van der Waals surface area contributed by atoms with Gasteiger partial charge in [0.2, 0.25) is 0 Å². The molecule has 0 bridgehead atoms. The third kappa shape index (κ3) is 6.20. The van der Waals surface area contributed by atoms with E-state index in [1.165, 1.54) is 0 Å². The highest BCUT2D eigenvalue weighted by Gasteiger charge is 2.11. The molecule has 0 unspecified atom stereocenters. The Morgan fingerprint density at radius 1 is 0.871 bits per heavy atom. The Morgan fingerprint density at radius 3 is 2.39 bits per heavy atom. The number of nitrogens with one attached hydrogen (secondary N) is 2. The van der Waals surface area contributed by atoms with E-state index in [1.807, 2.05) is 30.3 Å². The molecule has 0 radical (unpaired) electrons. The molecule has 2 N–H and O–H groups in total. The van der Waals surface area contributed by atoms with Gasteiger partial charge in [-0.15, -0.1) is 0 Å². The van der Waals surface area contributed by atoms with Gasteiger partial charge >= 0.3 is 0 Å². The number of carbonyl (C=O) groups excluding carboxylic acids is 1. The number of anilines is 2. The largest absolute Gasteiger partial charge is 0.495 e. The monoisotopic (exact) mass is 460 g/mol. The molecule has 0 spiro atoms. The molecule has 0 fully saturated rings. The van der Waals surface area contributed by atoms with Gasteiger partial charge in [0.1, 0.15) is 5.75 Å². The summed E-state index contributed by atoms with van der Waals surface area (Å²) in [6.45, 7) is 0.373. The van der Waals surface area contributed by atoms with Gasteiger partial charge < -0.3 is 24.8 Å². The topological polar surface area (TPSA) is 68.8 Å². The lowest BCUT2D eigenvalue weighted by atomic mass is 10.2. The predicted molar refractivity (Wildman–Crippen MR) is 124 cm³/mol. The number of para-hydroxylation sites is 2. The van der Waals surface area contributed by atoms with E-state index in [0.717, 1.165) is 11.3 Å². The van der Waals surface area contributed by atoms with Gasteiger partial charge in [-0.25, -0.2) is 0 Å². The lowest BCUT2D eigenvalue weighted by Gasteiger charge is -2.14. The molecule has 0 atom stereocenters. The summed E-state index contributed by atoms with van der Waals surface area (Å²) < 4.78 is 16.3. The Balaban J connectivity index is 1.59. The van der Waals surface area contributed by atoms with Gasteiger partial charge in [0, 0.05) is 12.2 Å². The highest BCUT2D eigenvalue weighted by molar-refractivity contribution is 6.42. The summed E-state index contributed by atoms with van der Waals surface area (Å²) in [5, 5.41) is 7.03. The fourth-order valence-corrected chi connectivity index (χ4v) is 3.13. The fourth-order valence-electron chi connectivity index (χ4n) is 2.83. The standard InChI is InChI=1S/C23H22Cl2N2O4/c1-29-20-6-4-3-5-19(20)27-23(28)14-31-21-10-7-15(11-22(21)30-2)13-26-16-8-9-17(24)18(25)12-16/h3-12,26H,13-14H2,1-2H3,(H,27,28). The van der Waals surface area contributed by atoms with Crippen LogP contribution in [0.2, 0.25) is 10.0 Å². The van der Waals surface area contributed by atoms with E-state index in [9.17, 15) is 4.79 Å². The van der Waals surface area contributed by atoms with E-state index in [-0.39, 0.29) is 12.5 Å². The normalized spacial score (nSPS) is 10.3. The molecule has 0 saturated carbocycles. The van der Waals surface area contributed by atoms with E-state index in [0.29, 0.717) is 39.5 Å². The Kier molecular flexibility index (Phi) is 7.87. The first kappa shape index (κ1) is 22.6. The van der Waals surface area contributed by atoms with Crippen molar-refractivity contribution in [3.05, 3.63) is 76.3 Å². The summed E-state index contributed by atoms with van der Waals surface area (Å²) in [6, 6.07) is 18.0. The van der Waals surface area contributed by atoms with Gasteiger partial charge in [0.05, 0.1) is 30.0 Å². The zero-order chi connectivity index (χ0) is 22.2. The molecule has 31 heavy (non-hydrogen) atoms. The van der Waals surface area contributed by atoms with Gasteiger partial charge in [-0.1, -0.05) is 41.4 Å². The second-order valence-electron chi connectivity index (χ2n) is 6.50. The summed E-state index contributed by atoms with van der Waals surface area (Å²) >= 11 is 12.0. The summed E-state index contributed by atoms with van der Waals surface area (Å²) in [6.07, 6.45) is 0. The third-order valence-corrected chi connectivity index (χ3v) is 5.12. The second kappa shape index (κ2) is 10.8. The van der Waals surface area contributed by atoms with E-state index >= 15 is 0 Å². The molecule has 8 heteroatoms. The zero-order valence-corrected chi connectivity index (χ0v) is 18.6. The first-order chi connectivity index (χ1) is 15.0. The van der Waals surface area contributed by atoms with Crippen molar-refractivity contribution in [3.63, 3.8) is 0 Å². The van der Waals surface area contributed by atoms with Gasteiger partial charge in [-0.2, -0.15) is 0 Å². The van der Waals surface area contributed by atoms with Crippen molar-refractivity contribution in [3.8, 4) is 17.2 Å². The minimum absolute atomic E-state index is 0.171. The van der Waals surface area contributed by atoms with Crippen molar-refractivity contribution in [1.82, 2.24) is 0 Å². The van der Waals surface area contributed by atoms with Crippen LogP contribution in [0.5, 0.6) is 17.2 Å². The van der Waals surface area contributed by atoms with E-state index in [2.05, 4.69) is 10.6 Å². The number of methoxy groups -OCH3 is 2. The smallest absolute Gasteiger partial charge is 0.262 e. The number of benzene rings is 3. The molecule has 3 aromatic carbocycles. The molecule has 0 aliphatic heterocycles. The summed E-state index contributed by atoms with van der Waals surface area (Å²) in [5.74, 6) is 1.26. The number of halogens is 2. The van der Waals surface area contributed by atoms with Crippen LogP contribution in [-0.2, 0) is 11.3 Å². The van der Waals surface area contributed by atoms with Crippen molar-refractivity contribution in [2.45, 2.75) is 6.54 Å². The van der Waals surface area contributed by atoms with E-state index in [4.69, 9.17) is 37.4 Å². The number of amides is 1. The van der Waals surface area contributed by atoms with Crippen molar-refractivity contribution in [1.29, 1.82) is 0 Å². The molecule has 3 aromatic rings. The van der Waals surface area contributed by atoms with Crippen LogP contribution in [0.1, 0.15) is 5.56 Å². The molecule has 6 nitrogen and oxygen atoms in total. The first-order valence-electron chi connectivity index (χ1n) is 9.41. The molecule has 3 rings (SSSR count). The predicted octanol–water partition coefficient (Wildman–Crippen LogP) is 5.64. The zero-order valence-electron chi connectivity index (χ0n) is 17.1. The molecular formula is C23H22Cl2N2O4. The van der Waals surface area contributed by atoms with E-state index in [1.54, 1.807) is 44.6 Å². The molecule has 0 aromatic heterocycles. The maximum absolute atomic E-state index is 12.3. The van der Waals surface area contributed by atoms with E-state index < -0.39 is 0 Å². The highest BCUT2D eigenvalue weighted by atomic mass is 35.5. The van der Waals surface area contributed by atoms with Crippen LogP contribution in [0, 0.1) is 0 Å². The number of hydrogen-bond acceptors (Lipinski definition) is 5. The SMILES string of the molecule is COc1ccccc1NC(=O)COc1ccc(CNc2ccc(Cl)c(Cl)c2)cc1OC. The van der Waals surface area contributed by atoms with Crippen LogP contribution in [0.15, 0.2) is 60.7 Å². The molecular weight excluding hydrogens is 439 g/mol. The molecule has 0 aliphatic rings. The Bertz CT molecular complexity index is 1060. The molecule has 162 valence electrons. The molecule has 1 amide bonds. The van der Waals surface area contributed by atoms with Gasteiger partial charge in [-0.3, -0.25) is 4.79 Å². The number of ether oxygens (including phenoxy) is 3. The lowest BCUT2D eigenvalue weighted by Crippen LogP contribution is -2.20. The van der Waals surface area contributed by atoms with Crippen molar-refractivity contribution >= 4 is 40.5 Å². The Labute approximate surface area is 191 Å². The lowest BCUT2D eigenvalue weighted by molar-refractivity contribution is -0.118. The summed E-state index contributed by atoms with van der Waals surface area (Å²) in [7, 11) is 3.09. The first-order valence-corrected chi connectivity index (χ1v) is 10.2. The maximum Gasteiger partial charge on any atom is 0.262 e. The van der Waals surface area contributed by atoms with Gasteiger partial charge in [0.15, 0.2) is 18.1 Å². The van der Waals surface area contributed by atoms with Gasteiger partial charge in [-0.05, 0) is 48.0 Å². The van der Waals surface area contributed by atoms with Crippen LogP contribution in [-0.4, -0.2) is 26.7 Å². The van der Waals surface area contributed by atoms with Crippen molar-refractivity contribution in [2.75, 3.05) is 31.5 Å². The molecule has 0 saturated heterocycles. The minimum atomic E-state index is -0.308. The summed E-state index contributed by atoms with van der Waals surface area (Å²) in [4.78, 5) is 12.3. The molecule has 0 aliphatic carbocycles. The van der Waals surface area contributed by atoms with Crippen LogP contribution in [0.3, 0.4) is 0 Å². The Morgan fingerprint density at radius 2 is 1.65 bits per heavy atom. The number of rotatable bonds is 9. The summed E-state index contributed by atoms with van der Waals surface area (Å²) in [5.41, 5.74) is 2.39. The average Bonchev–Trinajstić information content (AvgIpc) is 2.79. The fraction of sp³-hybridized carbons (Fsp3) is 0.174. The Hall–Kier alpha value is -3.09. The maximum atomic E-state index is 12.3. The molecule has 0 heterocycles. The van der Waals surface area contributed by atoms with Crippen LogP contribution < -0.4 is 24.8 Å². The van der Waals surface area contributed by atoms with Crippen LogP contribution >= 0.6 is 23.2 Å². The van der Waals surface area contributed by atoms with Crippen molar-refractivity contribution in [2.24, 2.45) is 0 Å². The van der Waals surface area contributed by atoms with Gasteiger partial charge in [0.25, 0.3) is 5.91 Å². The average molecular weight is 461 g/mol. The van der Waals surface area contributed by atoms with Crippen LogP contribution in [0.25, 0.3) is 0 Å². The number of hydrogen-bond donors (Lipinski definition) is 2. The second-order valence-corrected chi connectivity index (χ2v) is 7.32. The highest BCUT2D eigenvalue weighted by Crippen LogP contribution is 2.30. The third-order valence-electron chi connectivity index (χ3n) is 4.38. The van der Waals surface area contributed by atoms with Crippen molar-refractivity contribution < 1.29 is 19.0 Å². The number of carbonyl (C=O) groups is 1. The van der Waals surface area contributed by atoms with Crippen LogP contribution in [0.4, 0.5) is 11.4 Å². The quantitative estimate of drug-likeness (QED) is 0.432. The minimum Gasteiger partial charge on any atom is -0.495 e.